The van der Waals surface area contributed by atoms with E-state index in [4.69, 9.17) is 10.5 Å². The number of carbonyl (C=O) groups excluding carboxylic acids is 2. The van der Waals surface area contributed by atoms with Crippen LogP contribution in [0.15, 0.2) is 0 Å². The number of nitrogens with two attached hydrogens (primary N) is 1. The number of ether oxygens (including phenoxy) is 1. The highest BCUT2D eigenvalue weighted by atomic mass is 16.5. The number of hydrogen-bond donors (Lipinski definition) is 1. The molecule has 2 amide bonds. The van der Waals surface area contributed by atoms with Crippen molar-refractivity contribution in [3.8, 4) is 0 Å². The number of imide groups is 1. The van der Waals surface area contributed by atoms with Gasteiger partial charge < -0.3 is 10.5 Å². The lowest BCUT2D eigenvalue weighted by atomic mass is 10.0. The second-order valence-electron chi connectivity index (χ2n) is 5.17. The topological polar surface area (TPSA) is 72.6 Å². The molecule has 1 saturated heterocycles. The molecule has 1 aliphatic heterocycles. The van der Waals surface area contributed by atoms with Crippen molar-refractivity contribution in [1.82, 2.24) is 4.90 Å². The third-order valence-electron chi connectivity index (χ3n) is 3.83. The highest BCUT2D eigenvalue weighted by Gasteiger charge is 2.73. The van der Waals surface area contributed by atoms with Crippen LogP contribution in [-0.4, -0.2) is 43.0 Å². The van der Waals surface area contributed by atoms with Crippen LogP contribution in [0.1, 0.15) is 13.8 Å². The summed E-state index contributed by atoms with van der Waals surface area (Å²) in [7, 11) is 1.54. The first kappa shape index (κ1) is 11.5. The third kappa shape index (κ3) is 1.31. The van der Waals surface area contributed by atoms with Gasteiger partial charge in [-0.15, -0.1) is 0 Å². The van der Waals surface area contributed by atoms with E-state index in [-0.39, 0.29) is 41.7 Å². The maximum atomic E-state index is 12.0. The van der Waals surface area contributed by atoms with Gasteiger partial charge in [-0.05, 0) is 5.41 Å². The SMILES string of the molecule is COCC(CN)N1C(=O)C2C(C1=O)C2(C)C. The number of rotatable bonds is 4. The molecule has 0 aromatic rings. The van der Waals surface area contributed by atoms with E-state index in [1.165, 1.54) is 4.90 Å². The van der Waals surface area contributed by atoms with Crippen molar-refractivity contribution in [3.05, 3.63) is 0 Å². The zero-order valence-electron chi connectivity index (χ0n) is 9.90. The van der Waals surface area contributed by atoms with Crippen LogP contribution in [-0.2, 0) is 14.3 Å². The van der Waals surface area contributed by atoms with E-state index in [0.717, 1.165) is 0 Å². The summed E-state index contributed by atoms with van der Waals surface area (Å²) in [6.45, 7) is 4.49. The Morgan fingerprint density at radius 3 is 2.25 bits per heavy atom. The lowest BCUT2D eigenvalue weighted by molar-refractivity contribution is -0.146. The van der Waals surface area contributed by atoms with Gasteiger partial charge in [0.15, 0.2) is 0 Å². The van der Waals surface area contributed by atoms with Gasteiger partial charge in [-0.25, -0.2) is 0 Å². The first-order valence-electron chi connectivity index (χ1n) is 5.52. The van der Waals surface area contributed by atoms with Crippen LogP contribution < -0.4 is 5.73 Å². The number of methoxy groups -OCH3 is 1. The van der Waals surface area contributed by atoms with Crippen LogP contribution in [0.2, 0.25) is 0 Å². The summed E-state index contributed by atoms with van der Waals surface area (Å²) in [5.41, 5.74) is 5.41. The number of likely N-dealkylation sites (tertiary alicyclic amines) is 1. The summed E-state index contributed by atoms with van der Waals surface area (Å²) in [5.74, 6) is -0.420. The third-order valence-corrected chi connectivity index (χ3v) is 3.83. The van der Waals surface area contributed by atoms with E-state index < -0.39 is 0 Å². The van der Waals surface area contributed by atoms with Gasteiger partial charge in [0.05, 0.1) is 24.5 Å². The molecule has 3 unspecified atom stereocenters. The molecule has 0 radical (unpaired) electrons. The molecule has 0 aromatic carbocycles. The lowest BCUT2D eigenvalue weighted by Crippen LogP contribution is -2.49. The van der Waals surface area contributed by atoms with E-state index in [0.29, 0.717) is 6.61 Å². The monoisotopic (exact) mass is 226 g/mol. The van der Waals surface area contributed by atoms with Crippen molar-refractivity contribution < 1.29 is 14.3 Å². The molecule has 90 valence electrons. The van der Waals surface area contributed by atoms with Crippen molar-refractivity contribution in [1.29, 1.82) is 0 Å². The zero-order valence-corrected chi connectivity index (χ0v) is 9.90. The average molecular weight is 226 g/mol. The zero-order chi connectivity index (χ0) is 12.1. The van der Waals surface area contributed by atoms with Gasteiger partial charge in [-0.1, -0.05) is 13.8 Å². The molecular weight excluding hydrogens is 208 g/mol. The smallest absolute Gasteiger partial charge is 0.234 e. The number of piperidine rings is 1. The Morgan fingerprint density at radius 2 is 1.88 bits per heavy atom. The molecule has 0 bridgehead atoms. The van der Waals surface area contributed by atoms with Crippen LogP contribution in [0.5, 0.6) is 0 Å². The molecule has 1 saturated carbocycles. The minimum Gasteiger partial charge on any atom is -0.382 e. The van der Waals surface area contributed by atoms with Gasteiger partial charge in [0.25, 0.3) is 0 Å². The summed E-state index contributed by atoms with van der Waals surface area (Å²) in [6, 6.07) is -0.311. The largest absolute Gasteiger partial charge is 0.382 e. The maximum absolute atomic E-state index is 12.0. The van der Waals surface area contributed by atoms with Crippen molar-refractivity contribution in [3.63, 3.8) is 0 Å². The fourth-order valence-electron chi connectivity index (χ4n) is 2.77. The summed E-state index contributed by atoms with van der Waals surface area (Å²) in [6.07, 6.45) is 0. The fourth-order valence-corrected chi connectivity index (χ4v) is 2.77. The molecule has 2 aliphatic rings. The number of hydrogen-bond acceptors (Lipinski definition) is 4. The second kappa shape index (κ2) is 3.53. The number of nitrogens with zero attached hydrogens (tertiary/aromatic N) is 1. The van der Waals surface area contributed by atoms with Crippen molar-refractivity contribution in [2.45, 2.75) is 19.9 Å². The first-order valence-corrected chi connectivity index (χ1v) is 5.52. The van der Waals surface area contributed by atoms with Gasteiger partial charge in [-0.3, -0.25) is 14.5 Å². The highest BCUT2D eigenvalue weighted by molar-refractivity contribution is 6.10. The van der Waals surface area contributed by atoms with E-state index in [2.05, 4.69) is 0 Å². The second-order valence-corrected chi connectivity index (χ2v) is 5.17. The van der Waals surface area contributed by atoms with E-state index in [9.17, 15) is 9.59 Å². The molecule has 0 spiro atoms. The normalized spacial score (nSPS) is 32.9. The molecule has 5 nitrogen and oxygen atoms in total. The van der Waals surface area contributed by atoms with Gasteiger partial charge in [-0.2, -0.15) is 0 Å². The molecule has 2 N–H and O–H groups in total. The summed E-state index contributed by atoms with van der Waals surface area (Å²) in [5, 5.41) is 0. The Balaban J connectivity index is 2.15. The number of carbonyl (C=O) groups is 2. The Hall–Kier alpha value is -0.940. The summed E-state index contributed by atoms with van der Waals surface area (Å²) < 4.78 is 4.98. The number of fused-ring (bicyclic) bond motifs is 1. The van der Waals surface area contributed by atoms with Crippen molar-refractivity contribution >= 4 is 11.8 Å². The van der Waals surface area contributed by atoms with Crippen LogP contribution >= 0.6 is 0 Å². The molecule has 16 heavy (non-hydrogen) atoms. The quantitative estimate of drug-likeness (QED) is 0.662. The first-order chi connectivity index (χ1) is 7.46. The van der Waals surface area contributed by atoms with Gasteiger partial charge in [0, 0.05) is 13.7 Å². The van der Waals surface area contributed by atoms with E-state index in [1.807, 2.05) is 13.8 Å². The Bertz CT molecular complexity index is 316. The average Bonchev–Trinajstić information content (AvgIpc) is 2.67. The molecule has 1 heterocycles. The van der Waals surface area contributed by atoms with Crippen molar-refractivity contribution in [2.24, 2.45) is 23.0 Å². The Kier molecular flexibility index (Phi) is 2.55. The lowest BCUT2D eigenvalue weighted by Gasteiger charge is -2.28. The maximum Gasteiger partial charge on any atom is 0.234 e. The minimum atomic E-state index is -0.311. The predicted octanol–water partition coefficient (Wildman–Crippen LogP) is -0.399. The van der Waals surface area contributed by atoms with Crippen molar-refractivity contribution in [2.75, 3.05) is 20.3 Å². The Labute approximate surface area is 94.9 Å². The molecule has 5 heteroatoms. The van der Waals surface area contributed by atoms with E-state index in [1.54, 1.807) is 7.11 Å². The Morgan fingerprint density at radius 1 is 1.38 bits per heavy atom. The molecular formula is C11H18N2O3. The predicted molar refractivity (Wildman–Crippen MR) is 57.3 cm³/mol. The fraction of sp³-hybridized carbons (Fsp3) is 0.818. The molecule has 2 rings (SSSR count). The summed E-state index contributed by atoms with van der Waals surface area (Å²) in [4.78, 5) is 25.4. The molecule has 1 aliphatic carbocycles. The van der Waals surface area contributed by atoms with E-state index >= 15 is 0 Å². The molecule has 3 atom stereocenters. The minimum absolute atomic E-state index is 0.0764. The summed E-state index contributed by atoms with van der Waals surface area (Å²) >= 11 is 0. The van der Waals surface area contributed by atoms with Gasteiger partial charge in [0.2, 0.25) is 11.8 Å². The molecule has 0 aromatic heterocycles. The van der Waals surface area contributed by atoms with Gasteiger partial charge in [0.1, 0.15) is 0 Å². The number of amides is 2. The standard InChI is InChI=1S/C11H18N2O3/c1-11(2)7-8(11)10(15)13(9(7)14)6(4-12)5-16-3/h6-8H,4-5,12H2,1-3H3. The van der Waals surface area contributed by atoms with Crippen LogP contribution in [0.3, 0.4) is 0 Å². The van der Waals surface area contributed by atoms with Crippen LogP contribution in [0, 0.1) is 17.3 Å². The molecule has 2 fully saturated rings. The van der Waals surface area contributed by atoms with Gasteiger partial charge >= 0.3 is 0 Å². The highest BCUT2D eigenvalue weighted by Crippen LogP contribution is 2.63. The van der Waals surface area contributed by atoms with Crippen LogP contribution in [0.4, 0.5) is 0 Å². The van der Waals surface area contributed by atoms with Crippen LogP contribution in [0.25, 0.3) is 0 Å².